The van der Waals surface area contributed by atoms with E-state index in [1.54, 1.807) is 36.7 Å². The van der Waals surface area contributed by atoms with Gasteiger partial charge in [0.15, 0.2) is 17.2 Å². The maximum absolute atomic E-state index is 13.0. The molecular weight excluding hydrogens is 416 g/mol. The Hall–Kier alpha value is -4.32. The SMILES string of the molecule is CCOc1cc(C(=O)Nc2ccccc2Oc2ccccc2)ccc1OCc1cccnc1. The number of hydrogen-bond donors (Lipinski definition) is 1. The molecule has 4 aromatic rings. The molecule has 1 aromatic heterocycles. The Morgan fingerprint density at radius 1 is 0.848 bits per heavy atom. The highest BCUT2D eigenvalue weighted by molar-refractivity contribution is 6.05. The van der Waals surface area contributed by atoms with E-state index in [0.29, 0.717) is 47.5 Å². The molecule has 33 heavy (non-hydrogen) atoms. The van der Waals surface area contributed by atoms with Crippen LogP contribution in [0.15, 0.2) is 97.3 Å². The van der Waals surface area contributed by atoms with Crippen LogP contribution in [0.25, 0.3) is 0 Å². The molecule has 0 aliphatic carbocycles. The van der Waals surface area contributed by atoms with Crippen LogP contribution in [-0.2, 0) is 6.61 Å². The van der Waals surface area contributed by atoms with Crippen LogP contribution < -0.4 is 19.5 Å². The maximum atomic E-state index is 13.0. The Morgan fingerprint density at radius 3 is 2.45 bits per heavy atom. The van der Waals surface area contributed by atoms with Crippen molar-refractivity contribution in [3.8, 4) is 23.0 Å². The third kappa shape index (κ3) is 5.89. The fraction of sp³-hybridized carbons (Fsp3) is 0.111. The Labute approximate surface area is 192 Å². The lowest BCUT2D eigenvalue weighted by molar-refractivity contribution is 0.102. The molecule has 0 radical (unpaired) electrons. The van der Waals surface area contributed by atoms with Gasteiger partial charge in [-0.05, 0) is 55.5 Å². The van der Waals surface area contributed by atoms with Gasteiger partial charge in [0, 0.05) is 23.5 Å². The summed E-state index contributed by atoms with van der Waals surface area (Å²) in [4.78, 5) is 17.1. The van der Waals surface area contributed by atoms with Gasteiger partial charge in [-0.2, -0.15) is 0 Å². The molecule has 1 heterocycles. The van der Waals surface area contributed by atoms with E-state index in [9.17, 15) is 4.79 Å². The highest BCUT2D eigenvalue weighted by atomic mass is 16.5. The number of ether oxygens (including phenoxy) is 3. The molecular formula is C27H24N2O4. The van der Waals surface area contributed by atoms with Gasteiger partial charge in [0.25, 0.3) is 5.91 Å². The van der Waals surface area contributed by atoms with Crippen LogP contribution in [-0.4, -0.2) is 17.5 Å². The first kappa shape index (κ1) is 21.9. The number of amides is 1. The predicted molar refractivity (Wildman–Crippen MR) is 127 cm³/mol. The number of nitrogens with one attached hydrogen (secondary N) is 1. The van der Waals surface area contributed by atoms with Crippen molar-refractivity contribution in [1.82, 2.24) is 4.98 Å². The number of aromatic nitrogens is 1. The molecule has 0 saturated heterocycles. The van der Waals surface area contributed by atoms with Crippen molar-refractivity contribution in [2.24, 2.45) is 0 Å². The summed E-state index contributed by atoms with van der Waals surface area (Å²) in [7, 11) is 0. The lowest BCUT2D eigenvalue weighted by Gasteiger charge is -2.15. The number of pyridine rings is 1. The van der Waals surface area contributed by atoms with Crippen LogP contribution >= 0.6 is 0 Å². The van der Waals surface area contributed by atoms with E-state index in [1.165, 1.54) is 0 Å². The summed E-state index contributed by atoms with van der Waals surface area (Å²) >= 11 is 0. The summed E-state index contributed by atoms with van der Waals surface area (Å²) in [5.41, 5.74) is 1.96. The quantitative estimate of drug-likeness (QED) is 0.340. The first-order chi connectivity index (χ1) is 16.2. The average molecular weight is 440 g/mol. The van der Waals surface area contributed by atoms with Gasteiger partial charge >= 0.3 is 0 Å². The third-order valence-electron chi connectivity index (χ3n) is 4.73. The fourth-order valence-electron chi connectivity index (χ4n) is 3.15. The van der Waals surface area contributed by atoms with Gasteiger partial charge in [0.2, 0.25) is 0 Å². The molecule has 0 bridgehead atoms. The molecule has 0 spiro atoms. The minimum absolute atomic E-state index is 0.279. The van der Waals surface area contributed by atoms with Crippen molar-refractivity contribution in [2.75, 3.05) is 11.9 Å². The number of carbonyl (C=O) groups is 1. The average Bonchev–Trinajstić information content (AvgIpc) is 2.86. The number of rotatable bonds is 9. The summed E-state index contributed by atoms with van der Waals surface area (Å²) in [6.45, 7) is 2.68. The molecule has 0 unspecified atom stereocenters. The lowest BCUT2D eigenvalue weighted by atomic mass is 10.1. The number of nitrogens with zero attached hydrogens (tertiary/aromatic N) is 1. The second-order valence-corrected chi connectivity index (χ2v) is 7.11. The molecule has 1 N–H and O–H groups in total. The zero-order valence-corrected chi connectivity index (χ0v) is 18.2. The second kappa shape index (κ2) is 10.8. The van der Waals surface area contributed by atoms with E-state index in [1.807, 2.05) is 67.6 Å². The maximum Gasteiger partial charge on any atom is 0.255 e. The van der Waals surface area contributed by atoms with Crippen molar-refractivity contribution in [2.45, 2.75) is 13.5 Å². The smallest absolute Gasteiger partial charge is 0.255 e. The standard InChI is InChI=1S/C27H24N2O4/c1-2-31-26-17-21(14-15-25(26)32-19-20-9-8-16-28-18-20)27(30)29-23-12-6-7-13-24(23)33-22-10-4-3-5-11-22/h3-18H,2,19H2,1H3,(H,29,30). The van der Waals surface area contributed by atoms with Crippen molar-refractivity contribution in [3.63, 3.8) is 0 Å². The number of hydrogen-bond acceptors (Lipinski definition) is 5. The zero-order valence-electron chi connectivity index (χ0n) is 18.2. The number of para-hydroxylation sites is 3. The van der Waals surface area contributed by atoms with E-state index in [2.05, 4.69) is 10.3 Å². The van der Waals surface area contributed by atoms with Gasteiger partial charge in [0.1, 0.15) is 12.4 Å². The first-order valence-electron chi connectivity index (χ1n) is 10.6. The molecule has 0 saturated carbocycles. The lowest BCUT2D eigenvalue weighted by Crippen LogP contribution is -2.13. The summed E-state index contributed by atoms with van der Waals surface area (Å²) in [5, 5.41) is 2.93. The normalized spacial score (nSPS) is 10.3. The molecule has 0 atom stereocenters. The molecule has 0 aliphatic rings. The molecule has 1 amide bonds. The van der Waals surface area contributed by atoms with Crippen LogP contribution in [0.5, 0.6) is 23.0 Å². The van der Waals surface area contributed by atoms with E-state index in [0.717, 1.165) is 5.56 Å². The highest BCUT2D eigenvalue weighted by Gasteiger charge is 2.14. The van der Waals surface area contributed by atoms with Gasteiger partial charge < -0.3 is 19.5 Å². The number of carbonyl (C=O) groups excluding carboxylic acids is 1. The van der Waals surface area contributed by atoms with Crippen molar-refractivity contribution in [3.05, 3.63) is 108 Å². The van der Waals surface area contributed by atoms with Crippen molar-refractivity contribution < 1.29 is 19.0 Å². The van der Waals surface area contributed by atoms with Crippen LogP contribution in [0.3, 0.4) is 0 Å². The second-order valence-electron chi connectivity index (χ2n) is 7.11. The Bertz CT molecular complexity index is 1200. The Balaban J connectivity index is 1.50. The van der Waals surface area contributed by atoms with Crippen LogP contribution in [0.1, 0.15) is 22.8 Å². The first-order valence-corrected chi connectivity index (χ1v) is 10.6. The van der Waals surface area contributed by atoms with Crippen LogP contribution in [0.2, 0.25) is 0 Å². The summed E-state index contributed by atoms with van der Waals surface area (Å²) in [6.07, 6.45) is 3.46. The summed E-state index contributed by atoms with van der Waals surface area (Å²) in [6, 6.07) is 25.6. The molecule has 0 fully saturated rings. The fourth-order valence-corrected chi connectivity index (χ4v) is 3.15. The number of anilines is 1. The molecule has 0 aliphatic heterocycles. The van der Waals surface area contributed by atoms with Crippen molar-refractivity contribution in [1.29, 1.82) is 0 Å². The minimum atomic E-state index is -0.279. The van der Waals surface area contributed by atoms with Gasteiger partial charge in [0.05, 0.1) is 12.3 Å². The predicted octanol–water partition coefficient (Wildman–Crippen LogP) is 6.10. The monoisotopic (exact) mass is 440 g/mol. The molecule has 6 nitrogen and oxygen atoms in total. The Morgan fingerprint density at radius 2 is 1.67 bits per heavy atom. The van der Waals surface area contributed by atoms with Crippen LogP contribution in [0.4, 0.5) is 5.69 Å². The molecule has 3 aromatic carbocycles. The summed E-state index contributed by atoms with van der Waals surface area (Å²) < 4.78 is 17.6. The zero-order chi connectivity index (χ0) is 22.9. The van der Waals surface area contributed by atoms with Gasteiger partial charge in [-0.15, -0.1) is 0 Å². The van der Waals surface area contributed by atoms with E-state index < -0.39 is 0 Å². The minimum Gasteiger partial charge on any atom is -0.490 e. The largest absolute Gasteiger partial charge is 0.490 e. The topological polar surface area (TPSA) is 69.7 Å². The third-order valence-corrected chi connectivity index (χ3v) is 4.73. The highest BCUT2D eigenvalue weighted by Crippen LogP contribution is 2.32. The van der Waals surface area contributed by atoms with E-state index in [4.69, 9.17) is 14.2 Å². The van der Waals surface area contributed by atoms with Crippen molar-refractivity contribution >= 4 is 11.6 Å². The Kier molecular flexibility index (Phi) is 7.18. The van der Waals surface area contributed by atoms with Crippen LogP contribution in [0, 0.1) is 0 Å². The molecule has 166 valence electrons. The summed E-state index contributed by atoms with van der Waals surface area (Å²) in [5.74, 6) is 2.03. The van der Waals surface area contributed by atoms with E-state index in [-0.39, 0.29) is 5.91 Å². The number of benzene rings is 3. The molecule has 4 rings (SSSR count). The molecule has 6 heteroatoms. The van der Waals surface area contributed by atoms with Gasteiger partial charge in [-0.25, -0.2) is 0 Å². The van der Waals surface area contributed by atoms with Gasteiger partial charge in [-0.3, -0.25) is 9.78 Å². The van der Waals surface area contributed by atoms with E-state index >= 15 is 0 Å². The van der Waals surface area contributed by atoms with Gasteiger partial charge in [-0.1, -0.05) is 36.4 Å².